The van der Waals surface area contributed by atoms with Gasteiger partial charge in [0.2, 0.25) is 5.91 Å². The number of thioether (sulfide) groups is 1. The molecule has 2 fully saturated rings. The van der Waals surface area contributed by atoms with E-state index >= 15 is 0 Å². The number of halogens is 4. The molecule has 0 unspecified atom stereocenters. The molecule has 33 heavy (non-hydrogen) atoms. The highest BCUT2D eigenvalue weighted by atomic mass is 35.5. The summed E-state index contributed by atoms with van der Waals surface area (Å²) in [6.07, 6.45) is -0.325. The Morgan fingerprint density at radius 2 is 1.82 bits per heavy atom. The number of anilines is 1. The highest BCUT2D eigenvalue weighted by Gasteiger charge is 2.38. The maximum atomic E-state index is 13.3. The standard InChI is InChI=1S/C23H20ClF3N4OS/c24-18-11-8-15(12-17(18)23(25,26)27)28-21(32)19(13-4-2-1-3-5-13)33-22-30-29-20(14-6-7-14)31(22)16-9-10-16/h1-5,8,11-12,14,16,19H,6-7,9-10H2,(H,28,32)/t19-/m0/s1. The van der Waals surface area contributed by atoms with E-state index in [9.17, 15) is 18.0 Å². The lowest BCUT2D eigenvalue weighted by atomic mass is 10.1. The second-order valence-electron chi connectivity index (χ2n) is 8.31. The van der Waals surface area contributed by atoms with Crippen molar-refractivity contribution in [2.45, 2.75) is 54.2 Å². The lowest BCUT2D eigenvalue weighted by Crippen LogP contribution is -2.20. The Kier molecular flexibility index (Phi) is 5.86. The van der Waals surface area contributed by atoms with Crippen LogP contribution in [0.1, 0.15) is 59.8 Å². The highest BCUT2D eigenvalue weighted by Crippen LogP contribution is 2.48. The Morgan fingerprint density at radius 1 is 1.09 bits per heavy atom. The summed E-state index contributed by atoms with van der Waals surface area (Å²) in [5.74, 6) is 0.950. The zero-order valence-corrected chi connectivity index (χ0v) is 18.9. The molecule has 3 aromatic rings. The summed E-state index contributed by atoms with van der Waals surface area (Å²) in [7, 11) is 0. The van der Waals surface area contributed by atoms with Gasteiger partial charge in [-0.25, -0.2) is 0 Å². The van der Waals surface area contributed by atoms with E-state index in [0.717, 1.165) is 49.2 Å². The normalized spacial score (nSPS) is 17.1. The Labute approximate surface area is 197 Å². The third kappa shape index (κ3) is 4.89. The largest absolute Gasteiger partial charge is 0.417 e. The van der Waals surface area contributed by atoms with Crippen LogP contribution in [0.15, 0.2) is 53.7 Å². The predicted molar refractivity (Wildman–Crippen MR) is 120 cm³/mol. The molecule has 10 heteroatoms. The van der Waals surface area contributed by atoms with Crippen molar-refractivity contribution in [1.82, 2.24) is 14.8 Å². The number of hydrogen-bond donors (Lipinski definition) is 1. The second kappa shape index (κ2) is 8.68. The van der Waals surface area contributed by atoms with Crippen LogP contribution in [0.2, 0.25) is 5.02 Å². The number of amides is 1. The summed E-state index contributed by atoms with van der Waals surface area (Å²) in [4.78, 5) is 13.3. The van der Waals surface area contributed by atoms with Crippen LogP contribution in [-0.2, 0) is 11.0 Å². The topological polar surface area (TPSA) is 59.8 Å². The summed E-state index contributed by atoms with van der Waals surface area (Å²) in [6.45, 7) is 0. The van der Waals surface area contributed by atoms with E-state index in [1.807, 2.05) is 30.3 Å². The number of nitrogens with one attached hydrogen (secondary N) is 1. The molecule has 2 saturated carbocycles. The molecule has 1 N–H and O–H groups in total. The first-order valence-corrected chi connectivity index (χ1v) is 11.9. The summed E-state index contributed by atoms with van der Waals surface area (Å²) < 4.78 is 41.9. The molecule has 2 aliphatic carbocycles. The van der Waals surface area contributed by atoms with Crippen LogP contribution in [0.3, 0.4) is 0 Å². The van der Waals surface area contributed by atoms with Crippen LogP contribution in [0.4, 0.5) is 18.9 Å². The van der Waals surface area contributed by atoms with E-state index < -0.39 is 27.9 Å². The molecule has 5 nitrogen and oxygen atoms in total. The predicted octanol–water partition coefficient (Wildman–Crippen LogP) is 6.63. The zero-order chi connectivity index (χ0) is 23.2. The first-order chi connectivity index (χ1) is 15.8. The number of hydrogen-bond acceptors (Lipinski definition) is 4. The molecule has 2 aromatic carbocycles. The third-order valence-electron chi connectivity index (χ3n) is 5.65. The van der Waals surface area contributed by atoms with E-state index in [0.29, 0.717) is 17.1 Å². The number of benzene rings is 2. The lowest BCUT2D eigenvalue weighted by Gasteiger charge is -2.18. The maximum absolute atomic E-state index is 13.3. The monoisotopic (exact) mass is 492 g/mol. The van der Waals surface area contributed by atoms with Gasteiger partial charge in [-0.3, -0.25) is 4.79 Å². The highest BCUT2D eigenvalue weighted by molar-refractivity contribution is 8.00. The Bertz CT molecular complexity index is 1180. The first-order valence-electron chi connectivity index (χ1n) is 10.7. The second-order valence-corrected chi connectivity index (χ2v) is 9.79. The van der Waals surface area contributed by atoms with Crippen LogP contribution < -0.4 is 5.32 Å². The molecule has 0 radical (unpaired) electrons. The van der Waals surface area contributed by atoms with Crippen LogP contribution >= 0.6 is 23.4 Å². The van der Waals surface area contributed by atoms with E-state index in [2.05, 4.69) is 20.1 Å². The molecule has 1 atom stereocenters. The van der Waals surface area contributed by atoms with Crippen molar-refractivity contribution in [1.29, 1.82) is 0 Å². The van der Waals surface area contributed by atoms with Gasteiger partial charge >= 0.3 is 6.18 Å². The van der Waals surface area contributed by atoms with Crippen molar-refractivity contribution < 1.29 is 18.0 Å². The molecule has 172 valence electrons. The smallest absolute Gasteiger partial charge is 0.325 e. The number of carbonyl (C=O) groups is 1. The minimum Gasteiger partial charge on any atom is -0.325 e. The van der Waals surface area contributed by atoms with Gasteiger partial charge in [0, 0.05) is 17.6 Å². The fourth-order valence-electron chi connectivity index (χ4n) is 3.70. The number of carbonyl (C=O) groups excluding carboxylic acids is 1. The number of alkyl halides is 3. The van der Waals surface area contributed by atoms with Crippen molar-refractivity contribution in [3.63, 3.8) is 0 Å². The average Bonchev–Trinajstić information content (AvgIpc) is 3.72. The van der Waals surface area contributed by atoms with Gasteiger partial charge in [-0.05, 0) is 49.4 Å². The molecule has 0 spiro atoms. The van der Waals surface area contributed by atoms with Gasteiger partial charge in [0.25, 0.3) is 0 Å². The lowest BCUT2D eigenvalue weighted by molar-refractivity contribution is -0.137. The van der Waals surface area contributed by atoms with Gasteiger partial charge in [0.05, 0.1) is 10.6 Å². The van der Waals surface area contributed by atoms with Crippen molar-refractivity contribution in [2.24, 2.45) is 0 Å². The molecule has 1 aromatic heterocycles. The van der Waals surface area contributed by atoms with Gasteiger partial charge in [0.15, 0.2) is 5.16 Å². The molecule has 0 aliphatic heterocycles. The number of aromatic nitrogens is 3. The van der Waals surface area contributed by atoms with E-state index in [-0.39, 0.29) is 5.69 Å². The quantitative estimate of drug-likeness (QED) is 0.376. The van der Waals surface area contributed by atoms with Gasteiger partial charge in [-0.15, -0.1) is 10.2 Å². The van der Waals surface area contributed by atoms with Gasteiger partial charge < -0.3 is 9.88 Å². The Balaban J connectivity index is 1.44. The van der Waals surface area contributed by atoms with Gasteiger partial charge in [-0.2, -0.15) is 13.2 Å². The van der Waals surface area contributed by atoms with Gasteiger partial charge in [0.1, 0.15) is 11.1 Å². The molecule has 0 saturated heterocycles. The average molecular weight is 493 g/mol. The van der Waals surface area contributed by atoms with Crippen molar-refractivity contribution in [3.8, 4) is 0 Å². The van der Waals surface area contributed by atoms with E-state index in [1.54, 1.807) is 0 Å². The summed E-state index contributed by atoms with van der Waals surface area (Å²) >= 11 is 6.99. The molecule has 0 bridgehead atoms. The fourth-order valence-corrected chi connectivity index (χ4v) is 5.04. The minimum absolute atomic E-state index is 0.0283. The van der Waals surface area contributed by atoms with Crippen molar-refractivity contribution >= 4 is 35.0 Å². The molecule has 2 aliphatic rings. The molecule has 1 amide bonds. The summed E-state index contributed by atoms with van der Waals surface area (Å²) in [5, 5.41) is 10.9. The summed E-state index contributed by atoms with van der Waals surface area (Å²) in [5.41, 5.74) is -0.239. The van der Waals surface area contributed by atoms with Crippen LogP contribution in [-0.4, -0.2) is 20.7 Å². The third-order valence-corrected chi connectivity index (χ3v) is 7.19. The minimum atomic E-state index is -4.62. The number of nitrogens with zero attached hydrogens (tertiary/aromatic N) is 3. The first kappa shape index (κ1) is 22.3. The molecular weight excluding hydrogens is 473 g/mol. The van der Waals surface area contributed by atoms with Crippen molar-refractivity contribution in [3.05, 3.63) is 70.5 Å². The maximum Gasteiger partial charge on any atom is 0.417 e. The van der Waals surface area contributed by atoms with Gasteiger partial charge in [-0.1, -0.05) is 53.7 Å². The van der Waals surface area contributed by atoms with Crippen LogP contribution in [0.5, 0.6) is 0 Å². The number of rotatable bonds is 7. The fraction of sp³-hybridized carbons (Fsp3) is 0.348. The van der Waals surface area contributed by atoms with Crippen LogP contribution in [0.25, 0.3) is 0 Å². The van der Waals surface area contributed by atoms with E-state index in [1.165, 1.54) is 17.8 Å². The Morgan fingerprint density at radius 3 is 2.45 bits per heavy atom. The Hall–Kier alpha value is -2.52. The summed E-state index contributed by atoms with van der Waals surface area (Å²) in [6, 6.07) is 12.8. The SMILES string of the molecule is O=C(Nc1ccc(Cl)c(C(F)(F)F)c1)[C@@H](Sc1nnc(C2CC2)n1C1CC1)c1ccccc1. The molecular formula is C23H20ClF3N4OS. The molecule has 1 heterocycles. The molecule has 5 rings (SSSR count). The van der Waals surface area contributed by atoms with E-state index in [4.69, 9.17) is 11.6 Å². The zero-order valence-electron chi connectivity index (χ0n) is 17.3. The van der Waals surface area contributed by atoms with Crippen molar-refractivity contribution in [2.75, 3.05) is 5.32 Å². The van der Waals surface area contributed by atoms with Crippen LogP contribution in [0, 0.1) is 0 Å².